The van der Waals surface area contributed by atoms with E-state index in [1.807, 2.05) is 22.9 Å². The number of aliphatic hydroxyl groups is 1. The van der Waals surface area contributed by atoms with Gasteiger partial charge in [-0.05, 0) is 42.4 Å². The lowest BCUT2D eigenvalue weighted by atomic mass is 9.93. The molecule has 0 aliphatic carbocycles. The Balaban J connectivity index is 1.49. The van der Waals surface area contributed by atoms with Gasteiger partial charge in [-0.2, -0.15) is 13.2 Å². The second-order valence-corrected chi connectivity index (χ2v) is 11.1. The van der Waals surface area contributed by atoms with E-state index in [9.17, 15) is 27.5 Å². The number of benzene rings is 2. The number of piperazine rings is 1. The quantitative estimate of drug-likeness (QED) is 0.480. The minimum atomic E-state index is -4.76. The SMILES string of the molecule is CC(=O)N1CCN(CC(O)N2CC(c3ccc(Cl)c(Cl)c3)C(N(C)Cc3ccc(C(F)(F)F)c(F)c3)C2)CC1. The summed E-state index contributed by atoms with van der Waals surface area (Å²) in [4.78, 5) is 19.5. The topological polar surface area (TPSA) is 50.3 Å². The van der Waals surface area contributed by atoms with Crippen molar-refractivity contribution in [3.8, 4) is 0 Å². The fourth-order valence-electron chi connectivity index (χ4n) is 5.46. The first-order valence-corrected chi connectivity index (χ1v) is 13.5. The second kappa shape index (κ2) is 12.3. The van der Waals surface area contributed by atoms with Gasteiger partial charge in [0, 0.05) is 71.2 Å². The van der Waals surface area contributed by atoms with Gasteiger partial charge < -0.3 is 10.0 Å². The van der Waals surface area contributed by atoms with Crippen molar-refractivity contribution in [3.05, 3.63) is 69.0 Å². The van der Waals surface area contributed by atoms with Gasteiger partial charge in [-0.25, -0.2) is 4.39 Å². The molecule has 6 nitrogen and oxygen atoms in total. The molecule has 214 valence electrons. The monoisotopic (exact) mass is 590 g/mol. The van der Waals surface area contributed by atoms with Crippen LogP contribution in [0.5, 0.6) is 0 Å². The Morgan fingerprint density at radius 3 is 2.36 bits per heavy atom. The van der Waals surface area contributed by atoms with Crippen molar-refractivity contribution in [3.63, 3.8) is 0 Å². The highest BCUT2D eigenvalue weighted by molar-refractivity contribution is 6.42. The predicted octanol–water partition coefficient (Wildman–Crippen LogP) is 4.53. The fraction of sp³-hybridized carbons (Fsp3) is 0.519. The molecule has 0 spiro atoms. The number of amides is 1. The lowest BCUT2D eigenvalue weighted by Crippen LogP contribution is -2.52. The lowest BCUT2D eigenvalue weighted by Gasteiger charge is -2.36. The first-order valence-electron chi connectivity index (χ1n) is 12.7. The van der Waals surface area contributed by atoms with Crippen molar-refractivity contribution in [2.24, 2.45) is 0 Å². The smallest absolute Gasteiger partial charge is 0.377 e. The van der Waals surface area contributed by atoms with Gasteiger partial charge in [0.2, 0.25) is 5.91 Å². The number of likely N-dealkylation sites (N-methyl/N-ethyl adjacent to an activating group) is 1. The number of hydrogen-bond donors (Lipinski definition) is 1. The van der Waals surface area contributed by atoms with Crippen LogP contribution in [0.3, 0.4) is 0 Å². The molecular formula is C27H32Cl2F4N4O2. The summed E-state index contributed by atoms with van der Waals surface area (Å²) in [6.45, 7) is 5.75. The van der Waals surface area contributed by atoms with Gasteiger partial charge in [0.05, 0.1) is 15.6 Å². The van der Waals surface area contributed by atoms with Crippen molar-refractivity contribution in [2.75, 3.05) is 52.9 Å². The van der Waals surface area contributed by atoms with Gasteiger partial charge in [0.25, 0.3) is 0 Å². The summed E-state index contributed by atoms with van der Waals surface area (Å²) >= 11 is 12.4. The third kappa shape index (κ3) is 7.23. The van der Waals surface area contributed by atoms with Crippen LogP contribution in [-0.4, -0.2) is 95.7 Å². The molecule has 1 N–H and O–H groups in total. The van der Waals surface area contributed by atoms with Gasteiger partial charge in [0.15, 0.2) is 0 Å². The number of rotatable bonds is 7. The Hall–Kier alpha value is -1.95. The zero-order chi connectivity index (χ0) is 28.5. The number of aliphatic hydroxyl groups excluding tert-OH is 1. The van der Waals surface area contributed by atoms with E-state index in [-0.39, 0.29) is 24.4 Å². The molecule has 2 fully saturated rings. The molecule has 2 aliphatic rings. The van der Waals surface area contributed by atoms with Crippen LogP contribution in [0.2, 0.25) is 10.0 Å². The van der Waals surface area contributed by atoms with Crippen LogP contribution in [0, 0.1) is 5.82 Å². The molecule has 2 aliphatic heterocycles. The molecule has 4 rings (SSSR count). The van der Waals surface area contributed by atoms with E-state index in [2.05, 4.69) is 4.90 Å². The number of halogens is 6. The summed E-state index contributed by atoms with van der Waals surface area (Å²) in [7, 11) is 1.83. The van der Waals surface area contributed by atoms with Gasteiger partial charge >= 0.3 is 6.18 Å². The van der Waals surface area contributed by atoms with Crippen LogP contribution >= 0.6 is 23.2 Å². The maximum atomic E-state index is 14.2. The van der Waals surface area contributed by atoms with E-state index in [0.717, 1.165) is 17.7 Å². The van der Waals surface area contributed by atoms with E-state index < -0.39 is 23.8 Å². The number of likely N-dealkylation sites (tertiary alicyclic amines) is 1. The van der Waals surface area contributed by atoms with Gasteiger partial charge in [-0.1, -0.05) is 35.3 Å². The number of alkyl halides is 3. The van der Waals surface area contributed by atoms with Crippen LogP contribution in [0.15, 0.2) is 36.4 Å². The van der Waals surface area contributed by atoms with E-state index >= 15 is 0 Å². The normalized spacial score (nSPS) is 22.1. The number of hydrogen-bond acceptors (Lipinski definition) is 5. The fourth-order valence-corrected chi connectivity index (χ4v) is 5.77. The molecule has 39 heavy (non-hydrogen) atoms. The summed E-state index contributed by atoms with van der Waals surface area (Å²) < 4.78 is 53.3. The summed E-state index contributed by atoms with van der Waals surface area (Å²) in [5, 5.41) is 12.0. The van der Waals surface area contributed by atoms with Crippen molar-refractivity contribution < 1.29 is 27.5 Å². The Morgan fingerprint density at radius 1 is 1.08 bits per heavy atom. The summed E-state index contributed by atoms with van der Waals surface area (Å²) in [5.41, 5.74) is 0.0461. The molecule has 3 unspecified atom stereocenters. The van der Waals surface area contributed by atoms with Crippen molar-refractivity contribution in [1.82, 2.24) is 19.6 Å². The highest BCUT2D eigenvalue weighted by atomic mass is 35.5. The average Bonchev–Trinajstić information content (AvgIpc) is 3.31. The zero-order valence-electron chi connectivity index (χ0n) is 21.8. The van der Waals surface area contributed by atoms with Crippen LogP contribution in [0.25, 0.3) is 0 Å². The molecule has 2 aromatic carbocycles. The second-order valence-electron chi connectivity index (χ2n) is 10.3. The number of carbonyl (C=O) groups excluding carboxylic acids is 1. The van der Waals surface area contributed by atoms with E-state index in [1.54, 1.807) is 24.0 Å². The molecule has 0 saturated carbocycles. The van der Waals surface area contributed by atoms with Crippen molar-refractivity contribution in [2.45, 2.75) is 37.8 Å². The minimum Gasteiger partial charge on any atom is -0.377 e. The molecule has 0 aromatic heterocycles. The van der Waals surface area contributed by atoms with Crippen LogP contribution in [0.1, 0.15) is 29.5 Å². The van der Waals surface area contributed by atoms with Crippen molar-refractivity contribution >= 4 is 29.1 Å². The van der Waals surface area contributed by atoms with Gasteiger partial charge in [-0.3, -0.25) is 19.5 Å². The average molecular weight is 591 g/mol. The molecule has 0 radical (unpaired) electrons. The molecule has 12 heteroatoms. The Bertz CT molecular complexity index is 1180. The number of carbonyl (C=O) groups is 1. The van der Waals surface area contributed by atoms with Crippen LogP contribution in [0.4, 0.5) is 17.6 Å². The predicted molar refractivity (Wildman–Crippen MR) is 142 cm³/mol. The highest BCUT2D eigenvalue weighted by Gasteiger charge is 2.40. The van der Waals surface area contributed by atoms with Gasteiger partial charge in [-0.15, -0.1) is 0 Å². The Morgan fingerprint density at radius 2 is 1.77 bits per heavy atom. The van der Waals surface area contributed by atoms with Crippen molar-refractivity contribution in [1.29, 1.82) is 0 Å². The molecule has 1 amide bonds. The molecule has 2 saturated heterocycles. The van der Waals surface area contributed by atoms with E-state index in [4.69, 9.17) is 23.2 Å². The van der Waals surface area contributed by atoms with E-state index in [1.165, 1.54) is 6.07 Å². The molecule has 2 heterocycles. The number of nitrogens with zero attached hydrogens (tertiary/aromatic N) is 4. The van der Waals surface area contributed by atoms with Crippen LogP contribution < -0.4 is 0 Å². The maximum Gasteiger partial charge on any atom is 0.419 e. The molecule has 0 bridgehead atoms. The molecular weight excluding hydrogens is 559 g/mol. The minimum absolute atomic E-state index is 0.0398. The third-order valence-corrected chi connectivity index (χ3v) is 8.43. The first kappa shape index (κ1) is 30.0. The standard InChI is InChI=1S/C27H32Cl2F4N4O2/c1-17(38)36-9-7-35(8-10-36)16-26(39)37-14-20(19-4-6-22(28)23(29)12-19)25(15-37)34(2)13-18-3-5-21(24(30)11-18)27(31,32)33/h3-6,11-12,20,25-26,39H,7-10,13-16H2,1-2H3. The van der Waals surface area contributed by atoms with Gasteiger partial charge in [0.1, 0.15) is 12.0 Å². The Kier molecular flexibility index (Phi) is 9.45. The Labute approximate surface area is 235 Å². The lowest BCUT2D eigenvalue weighted by molar-refractivity contribution is -0.140. The largest absolute Gasteiger partial charge is 0.419 e. The number of β-amino-alcohol motifs (C(OH)–C–C–N with tert-alkyl or cyclic N) is 1. The summed E-state index contributed by atoms with van der Waals surface area (Å²) in [6, 6.07) is 8.24. The zero-order valence-corrected chi connectivity index (χ0v) is 23.3. The summed E-state index contributed by atoms with van der Waals surface area (Å²) in [5.74, 6) is -1.35. The van der Waals surface area contributed by atoms with E-state index in [0.29, 0.717) is 61.4 Å². The third-order valence-electron chi connectivity index (χ3n) is 7.69. The van der Waals surface area contributed by atoms with Crippen LogP contribution in [-0.2, 0) is 17.5 Å². The molecule has 2 aromatic rings. The molecule has 3 atom stereocenters. The first-order chi connectivity index (χ1) is 18.3. The summed E-state index contributed by atoms with van der Waals surface area (Å²) in [6.07, 6.45) is -5.52. The highest BCUT2D eigenvalue weighted by Crippen LogP contribution is 2.36. The maximum absolute atomic E-state index is 14.2.